The van der Waals surface area contributed by atoms with Crippen LogP contribution in [0.3, 0.4) is 0 Å². The first kappa shape index (κ1) is 13.9. The van der Waals surface area contributed by atoms with Crippen LogP contribution >= 0.6 is 0 Å². The maximum Gasteiger partial charge on any atom is 0.317 e. The van der Waals surface area contributed by atoms with E-state index in [1.807, 2.05) is 13.8 Å². The largest absolute Gasteiger partial charge is 0.481 e. The highest BCUT2D eigenvalue weighted by molar-refractivity contribution is 5.90. The standard InChI is InChI=1S/C16H24O4/c1-16(2,20-15(19)8-14(17)18)13-7-9-6-12(13)11-5-3-4-10(9)11/h9-13H,3-8H2,1-2H3,(H,17,18). The molecule has 4 heteroatoms. The second-order valence-corrected chi connectivity index (χ2v) is 7.41. The van der Waals surface area contributed by atoms with Gasteiger partial charge in [-0.2, -0.15) is 0 Å². The van der Waals surface area contributed by atoms with Crippen LogP contribution in [0.4, 0.5) is 0 Å². The normalized spacial score (nSPS) is 38.8. The maximum atomic E-state index is 11.7. The van der Waals surface area contributed by atoms with Gasteiger partial charge in [-0.25, -0.2) is 0 Å². The minimum absolute atomic E-state index is 0.407. The zero-order valence-corrected chi connectivity index (χ0v) is 12.3. The van der Waals surface area contributed by atoms with E-state index in [1.54, 1.807) is 0 Å². The summed E-state index contributed by atoms with van der Waals surface area (Å²) in [4.78, 5) is 22.2. The Kier molecular flexibility index (Phi) is 3.30. The van der Waals surface area contributed by atoms with Crippen LogP contribution in [0.15, 0.2) is 0 Å². The summed E-state index contributed by atoms with van der Waals surface area (Å²) < 4.78 is 5.51. The molecule has 0 heterocycles. The van der Waals surface area contributed by atoms with Crippen LogP contribution in [0.2, 0.25) is 0 Å². The Balaban J connectivity index is 1.67. The quantitative estimate of drug-likeness (QED) is 0.635. The van der Waals surface area contributed by atoms with Gasteiger partial charge >= 0.3 is 11.9 Å². The van der Waals surface area contributed by atoms with Crippen LogP contribution in [-0.4, -0.2) is 22.6 Å². The number of hydrogen-bond donors (Lipinski definition) is 1. The highest BCUT2D eigenvalue weighted by Gasteiger charge is 2.57. The molecule has 0 aliphatic heterocycles. The lowest BCUT2D eigenvalue weighted by Crippen LogP contribution is -2.42. The van der Waals surface area contributed by atoms with E-state index in [0.29, 0.717) is 11.8 Å². The topological polar surface area (TPSA) is 63.6 Å². The van der Waals surface area contributed by atoms with Gasteiger partial charge < -0.3 is 9.84 Å². The molecule has 20 heavy (non-hydrogen) atoms. The first-order valence-corrected chi connectivity index (χ1v) is 7.82. The highest BCUT2D eigenvalue weighted by atomic mass is 16.6. The number of ether oxygens (including phenoxy) is 1. The van der Waals surface area contributed by atoms with Gasteiger partial charge in [0, 0.05) is 5.92 Å². The fourth-order valence-electron chi connectivity index (χ4n) is 5.40. The third-order valence-corrected chi connectivity index (χ3v) is 5.99. The molecule has 3 aliphatic rings. The number of carbonyl (C=O) groups is 2. The third kappa shape index (κ3) is 2.23. The number of carbonyl (C=O) groups excluding carboxylic acids is 1. The molecule has 5 atom stereocenters. The van der Waals surface area contributed by atoms with Gasteiger partial charge in [0.15, 0.2) is 0 Å². The predicted octanol–water partition coefficient (Wildman–Crippen LogP) is 2.86. The molecule has 4 nitrogen and oxygen atoms in total. The fraction of sp³-hybridized carbons (Fsp3) is 0.875. The van der Waals surface area contributed by atoms with E-state index in [2.05, 4.69) is 0 Å². The molecule has 3 rings (SSSR count). The number of fused-ring (bicyclic) bond motifs is 5. The maximum absolute atomic E-state index is 11.7. The van der Waals surface area contributed by atoms with Crippen LogP contribution in [0, 0.1) is 29.6 Å². The summed E-state index contributed by atoms with van der Waals surface area (Å²) in [7, 11) is 0. The summed E-state index contributed by atoms with van der Waals surface area (Å²) in [5.74, 6) is 1.93. The van der Waals surface area contributed by atoms with Crippen LogP contribution in [0.1, 0.15) is 52.4 Å². The molecular formula is C16H24O4. The zero-order chi connectivity index (χ0) is 14.5. The van der Waals surface area contributed by atoms with E-state index >= 15 is 0 Å². The van der Waals surface area contributed by atoms with Gasteiger partial charge in [-0.1, -0.05) is 6.42 Å². The monoisotopic (exact) mass is 280 g/mol. The Morgan fingerprint density at radius 1 is 1.15 bits per heavy atom. The van der Waals surface area contributed by atoms with E-state index in [9.17, 15) is 9.59 Å². The first-order chi connectivity index (χ1) is 9.38. The van der Waals surface area contributed by atoms with E-state index in [0.717, 1.165) is 24.2 Å². The SMILES string of the molecule is CC(C)(OC(=O)CC(=O)O)C1CC2CC1C1CCCC21. The molecule has 5 unspecified atom stereocenters. The molecule has 3 fully saturated rings. The number of aliphatic carboxylic acids is 1. The van der Waals surface area contributed by atoms with Gasteiger partial charge in [-0.3, -0.25) is 9.59 Å². The molecule has 0 spiro atoms. The van der Waals surface area contributed by atoms with Gasteiger partial charge in [0.2, 0.25) is 0 Å². The fourth-order valence-corrected chi connectivity index (χ4v) is 5.40. The summed E-state index contributed by atoms with van der Waals surface area (Å²) in [6.07, 6.45) is 5.99. The molecule has 3 saturated carbocycles. The van der Waals surface area contributed by atoms with E-state index in [-0.39, 0.29) is 0 Å². The number of carboxylic acids is 1. The van der Waals surface area contributed by atoms with Gasteiger partial charge in [0.1, 0.15) is 12.0 Å². The summed E-state index contributed by atoms with van der Waals surface area (Å²) in [6, 6.07) is 0. The summed E-state index contributed by atoms with van der Waals surface area (Å²) >= 11 is 0. The molecule has 0 saturated heterocycles. The minimum Gasteiger partial charge on any atom is -0.481 e. The van der Waals surface area contributed by atoms with Crippen molar-refractivity contribution in [1.29, 1.82) is 0 Å². The van der Waals surface area contributed by atoms with Crippen molar-refractivity contribution in [2.45, 2.75) is 58.0 Å². The predicted molar refractivity (Wildman–Crippen MR) is 73.0 cm³/mol. The van der Waals surface area contributed by atoms with Crippen molar-refractivity contribution >= 4 is 11.9 Å². The Morgan fingerprint density at radius 2 is 1.85 bits per heavy atom. The van der Waals surface area contributed by atoms with Crippen molar-refractivity contribution in [3.05, 3.63) is 0 Å². The van der Waals surface area contributed by atoms with E-state index in [4.69, 9.17) is 9.84 Å². The van der Waals surface area contributed by atoms with Crippen LogP contribution < -0.4 is 0 Å². The molecule has 1 N–H and O–H groups in total. The molecule has 0 aromatic heterocycles. The Hall–Kier alpha value is -1.06. The van der Waals surface area contributed by atoms with Crippen LogP contribution in [0.5, 0.6) is 0 Å². The van der Waals surface area contributed by atoms with Gasteiger partial charge in [-0.05, 0) is 63.2 Å². The molecule has 0 radical (unpaired) electrons. The van der Waals surface area contributed by atoms with Gasteiger partial charge in [-0.15, -0.1) is 0 Å². The highest BCUT2D eigenvalue weighted by Crippen LogP contribution is 2.63. The molecule has 0 amide bonds. The molecule has 0 aromatic rings. The van der Waals surface area contributed by atoms with Crippen molar-refractivity contribution in [2.75, 3.05) is 0 Å². The second-order valence-electron chi connectivity index (χ2n) is 7.41. The summed E-state index contributed by atoms with van der Waals surface area (Å²) in [5.41, 5.74) is -0.528. The summed E-state index contributed by atoms with van der Waals surface area (Å²) in [5, 5.41) is 8.67. The minimum atomic E-state index is -1.12. The smallest absolute Gasteiger partial charge is 0.317 e. The lowest BCUT2D eigenvalue weighted by atomic mass is 9.70. The molecule has 0 aromatic carbocycles. The van der Waals surface area contributed by atoms with E-state index < -0.39 is 24.0 Å². The van der Waals surface area contributed by atoms with Crippen molar-refractivity contribution < 1.29 is 19.4 Å². The average molecular weight is 280 g/mol. The molecular weight excluding hydrogens is 256 g/mol. The first-order valence-electron chi connectivity index (χ1n) is 7.82. The van der Waals surface area contributed by atoms with Gasteiger partial charge in [0.25, 0.3) is 0 Å². The van der Waals surface area contributed by atoms with E-state index in [1.165, 1.54) is 25.7 Å². The molecule has 2 bridgehead atoms. The van der Waals surface area contributed by atoms with Gasteiger partial charge in [0.05, 0.1) is 0 Å². The summed E-state index contributed by atoms with van der Waals surface area (Å²) in [6.45, 7) is 3.92. The Morgan fingerprint density at radius 3 is 2.55 bits per heavy atom. The number of carboxylic acid groups (broad SMARTS) is 1. The van der Waals surface area contributed by atoms with Crippen LogP contribution in [0.25, 0.3) is 0 Å². The zero-order valence-electron chi connectivity index (χ0n) is 12.3. The number of esters is 1. The molecule has 112 valence electrons. The van der Waals surface area contributed by atoms with Crippen LogP contribution in [-0.2, 0) is 14.3 Å². The van der Waals surface area contributed by atoms with Crippen molar-refractivity contribution in [3.63, 3.8) is 0 Å². The lowest BCUT2D eigenvalue weighted by Gasteiger charge is -2.40. The third-order valence-electron chi connectivity index (χ3n) is 5.99. The lowest BCUT2D eigenvalue weighted by molar-refractivity contribution is -0.168. The van der Waals surface area contributed by atoms with Crippen molar-refractivity contribution in [2.24, 2.45) is 29.6 Å². The Bertz CT molecular complexity index is 428. The Labute approximate surface area is 119 Å². The number of hydrogen-bond acceptors (Lipinski definition) is 3. The second kappa shape index (κ2) is 4.74. The number of rotatable bonds is 4. The van der Waals surface area contributed by atoms with Crippen molar-refractivity contribution in [1.82, 2.24) is 0 Å². The molecule has 3 aliphatic carbocycles. The van der Waals surface area contributed by atoms with Crippen molar-refractivity contribution in [3.8, 4) is 0 Å². The average Bonchev–Trinajstić information content (AvgIpc) is 2.99.